The van der Waals surface area contributed by atoms with Crippen LogP contribution in [-0.4, -0.2) is 46.3 Å². The molecule has 1 aromatic heterocycles. The van der Waals surface area contributed by atoms with Crippen molar-refractivity contribution in [3.8, 4) is 10.6 Å². The molecule has 9 heteroatoms. The van der Waals surface area contributed by atoms with E-state index in [0.29, 0.717) is 30.5 Å². The molecule has 0 saturated carbocycles. The van der Waals surface area contributed by atoms with Crippen molar-refractivity contribution < 1.29 is 18.4 Å². The summed E-state index contributed by atoms with van der Waals surface area (Å²) in [7, 11) is 0. The molecule has 0 bridgehead atoms. The van der Waals surface area contributed by atoms with Gasteiger partial charge < -0.3 is 4.90 Å². The number of hydrogen-bond donors (Lipinski definition) is 0. The first-order valence-corrected chi connectivity index (χ1v) is 13.9. The van der Waals surface area contributed by atoms with Crippen LogP contribution in [0, 0.1) is 23.0 Å². The second-order valence-corrected chi connectivity index (χ2v) is 12.9. The van der Waals surface area contributed by atoms with Crippen LogP contribution in [0.1, 0.15) is 62.3 Å². The van der Waals surface area contributed by atoms with E-state index < -0.39 is 22.5 Å². The number of hydrogen-bond acceptors (Lipinski definition) is 6. The fourth-order valence-electron chi connectivity index (χ4n) is 5.34. The lowest BCUT2D eigenvalue weighted by molar-refractivity contribution is -0.126. The Hall–Kier alpha value is -2.55. The average Bonchev–Trinajstić information content (AvgIpc) is 3.27. The van der Waals surface area contributed by atoms with Gasteiger partial charge in [-0.1, -0.05) is 62.8 Å². The first-order chi connectivity index (χ1) is 17.9. The standard InChI is InChI=1S/C29H32ClF2N3O2S/c1-18(2)15-35-16-29(17-35,13-22(36)12-28(3,4)19-6-5-7-20(30)10-19)14-25(37)27-34-33-26(38-27)23-9-8-21(31)11-24(23)32/h5-11,18H,12-17H2,1-4H3. The van der Waals surface area contributed by atoms with Crippen LogP contribution in [0.2, 0.25) is 5.02 Å². The molecule has 2 aromatic carbocycles. The van der Waals surface area contributed by atoms with Gasteiger partial charge in [0, 0.05) is 61.0 Å². The molecule has 1 aliphatic heterocycles. The summed E-state index contributed by atoms with van der Waals surface area (Å²) in [6.07, 6.45) is 0.779. The van der Waals surface area contributed by atoms with Crippen molar-refractivity contribution in [3.05, 3.63) is 69.7 Å². The van der Waals surface area contributed by atoms with E-state index in [-0.39, 0.29) is 40.0 Å². The van der Waals surface area contributed by atoms with E-state index in [0.717, 1.165) is 35.6 Å². The Morgan fingerprint density at radius 3 is 2.50 bits per heavy atom. The van der Waals surface area contributed by atoms with Crippen LogP contribution in [-0.2, 0) is 10.2 Å². The van der Waals surface area contributed by atoms with Gasteiger partial charge >= 0.3 is 0 Å². The number of benzene rings is 2. The van der Waals surface area contributed by atoms with Gasteiger partial charge in [0.2, 0.25) is 0 Å². The summed E-state index contributed by atoms with van der Waals surface area (Å²) >= 11 is 7.16. The Morgan fingerprint density at radius 2 is 1.84 bits per heavy atom. The SMILES string of the molecule is CC(C)CN1CC(CC(=O)CC(C)(C)c2cccc(Cl)c2)(CC(=O)c2nnc(-c3ccc(F)cc3F)s2)C1. The topological polar surface area (TPSA) is 63.2 Å². The fraction of sp³-hybridized carbons (Fsp3) is 0.448. The molecule has 0 atom stereocenters. The van der Waals surface area contributed by atoms with Crippen molar-refractivity contribution in [1.82, 2.24) is 15.1 Å². The normalized spacial score (nSPS) is 15.5. The predicted octanol–water partition coefficient (Wildman–Crippen LogP) is 6.99. The molecule has 1 saturated heterocycles. The zero-order valence-electron chi connectivity index (χ0n) is 22.1. The van der Waals surface area contributed by atoms with Crippen LogP contribution in [0.4, 0.5) is 8.78 Å². The van der Waals surface area contributed by atoms with Gasteiger partial charge in [0.15, 0.2) is 15.8 Å². The second kappa shape index (κ2) is 11.3. The number of carbonyl (C=O) groups excluding carboxylic acids is 2. The number of rotatable bonds is 11. The van der Waals surface area contributed by atoms with Gasteiger partial charge in [-0.05, 0) is 41.2 Å². The maximum absolute atomic E-state index is 14.2. The minimum absolute atomic E-state index is 0.0957. The molecule has 0 aliphatic carbocycles. The Labute approximate surface area is 231 Å². The van der Waals surface area contributed by atoms with E-state index in [1.165, 1.54) is 6.07 Å². The smallest absolute Gasteiger partial charge is 0.194 e. The quantitative estimate of drug-likeness (QED) is 0.237. The summed E-state index contributed by atoms with van der Waals surface area (Å²) in [4.78, 5) is 28.9. The summed E-state index contributed by atoms with van der Waals surface area (Å²) in [5.41, 5.74) is 0.207. The van der Waals surface area contributed by atoms with Crippen LogP contribution in [0.5, 0.6) is 0 Å². The second-order valence-electron chi connectivity index (χ2n) is 11.5. The third-order valence-corrected chi connectivity index (χ3v) is 8.15. The number of ketones is 2. The fourth-order valence-corrected chi connectivity index (χ4v) is 6.34. The molecule has 0 N–H and O–H groups in total. The molecule has 4 rings (SSSR count). The molecule has 0 spiro atoms. The number of aromatic nitrogens is 2. The number of halogens is 3. The maximum Gasteiger partial charge on any atom is 0.194 e. The monoisotopic (exact) mass is 559 g/mol. The summed E-state index contributed by atoms with van der Waals surface area (Å²) in [6.45, 7) is 10.5. The zero-order chi connectivity index (χ0) is 27.7. The van der Waals surface area contributed by atoms with E-state index in [1.807, 2.05) is 38.1 Å². The number of nitrogens with zero attached hydrogens (tertiary/aromatic N) is 3. The first-order valence-electron chi connectivity index (χ1n) is 12.7. The number of likely N-dealkylation sites (tertiary alicyclic amines) is 1. The highest BCUT2D eigenvalue weighted by atomic mass is 35.5. The number of carbonyl (C=O) groups is 2. The lowest BCUT2D eigenvalue weighted by atomic mass is 9.69. The number of Topliss-reactive ketones (excluding diaryl/α,β-unsaturated/α-hetero) is 2. The van der Waals surface area contributed by atoms with Crippen molar-refractivity contribution in [2.45, 2.75) is 52.4 Å². The van der Waals surface area contributed by atoms with Crippen LogP contribution in [0.3, 0.4) is 0 Å². The summed E-state index contributed by atoms with van der Waals surface area (Å²) < 4.78 is 27.5. The third-order valence-electron chi connectivity index (χ3n) is 6.92. The third kappa shape index (κ3) is 6.71. The summed E-state index contributed by atoms with van der Waals surface area (Å²) in [6, 6.07) is 10.8. The lowest BCUT2D eigenvalue weighted by Gasteiger charge is -2.50. The van der Waals surface area contributed by atoms with E-state index in [9.17, 15) is 18.4 Å². The van der Waals surface area contributed by atoms with Crippen LogP contribution >= 0.6 is 22.9 Å². The van der Waals surface area contributed by atoms with Crippen molar-refractivity contribution >= 4 is 34.5 Å². The zero-order valence-corrected chi connectivity index (χ0v) is 23.6. The van der Waals surface area contributed by atoms with E-state index in [4.69, 9.17) is 11.6 Å². The molecule has 2 heterocycles. The molecule has 1 fully saturated rings. The van der Waals surface area contributed by atoms with E-state index >= 15 is 0 Å². The molecule has 38 heavy (non-hydrogen) atoms. The van der Waals surface area contributed by atoms with Gasteiger partial charge in [0.25, 0.3) is 0 Å². The highest BCUT2D eigenvalue weighted by molar-refractivity contribution is 7.16. The molecule has 0 radical (unpaired) electrons. The van der Waals surface area contributed by atoms with Crippen molar-refractivity contribution in [2.24, 2.45) is 11.3 Å². The molecule has 5 nitrogen and oxygen atoms in total. The van der Waals surface area contributed by atoms with Gasteiger partial charge in [-0.15, -0.1) is 10.2 Å². The molecule has 1 aliphatic rings. The Kier molecular flexibility index (Phi) is 8.45. The highest BCUT2D eigenvalue weighted by Gasteiger charge is 2.46. The van der Waals surface area contributed by atoms with Gasteiger partial charge in [0.05, 0.1) is 0 Å². The molecule has 0 amide bonds. The average molecular weight is 560 g/mol. The largest absolute Gasteiger partial charge is 0.302 e. The minimum atomic E-state index is -0.757. The van der Waals surface area contributed by atoms with Gasteiger partial charge in [-0.25, -0.2) is 8.78 Å². The molecule has 0 unspecified atom stereocenters. The molecule has 3 aromatic rings. The van der Waals surface area contributed by atoms with Crippen LogP contribution in [0.15, 0.2) is 42.5 Å². The lowest BCUT2D eigenvalue weighted by Crippen LogP contribution is -2.58. The Balaban J connectivity index is 1.49. The Morgan fingerprint density at radius 1 is 1.11 bits per heavy atom. The maximum atomic E-state index is 14.2. The molecular weight excluding hydrogens is 528 g/mol. The minimum Gasteiger partial charge on any atom is -0.302 e. The van der Waals surface area contributed by atoms with Gasteiger partial charge in [0.1, 0.15) is 17.4 Å². The summed E-state index contributed by atoms with van der Waals surface area (Å²) in [5.74, 6) is -1.10. The Bertz CT molecular complexity index is 1330. The molecule has 202 valence electrons. The van der Waals surface area contributed by atoms with Crippen LogP contribution in [0.25, 0.3) is 10.6 Å². The van der Waals surface area contributed by atoms with E-state index in [1.54, 1.807) is 0 Å². The van der Waals surface area contributed by atoms with Gasteiger partial charge in [-0.2, -0.15) is 0 Å². The summed E-state index contributed by atoms with van der Waals surface area (Å²) in [5, 5.41) is 8.98. The van der Waals surface area contributed by atoms with Gasteiger partial charge in [-0.3, -0.25) is 9.59 Å². The first kappa shape index (κ1) is 28.5. The predicted molar refractivity (Wildman–Crippen MR) is 147 cm³/mol. The van der Waals surface area contributed by atoms with Crippen molar-refractivity contribution in [3.63, 3.8) is 0 Å². The highest BCUT2D eigenvalue weighted by Crippen LogP contribution is 2.41. The van der Waals surface area contributed by atoms with E-state index in [2.05, 4.69) is 28.9 Å². The van der Waals surface area contributed by atoms with Crippen LogP contribution < -0.4 is 0 Å². The van der Waals surface area contributed by atoms with Crippen molar-refractivity contribution in [1.29, 1.82) is 0 Å². The molecular formula is C29H32ClF2N3O2S. The van der Waals surface area contributed by atoms with Crippen molar-refractivity contribution in [2.75, 3.05) is 19.6 Å².